The minimum absolute atomic E-state index is 0.237. The molecule has 0 radical (unpaired) electrons. The standard InChI is InChI=1S/C22H27NO3S/c1-4-6-16-23(27(24,25)22-14-12-19(3)13-15-22)21(5-2)18-26-17-20-10-8-7-9-11-20/h4-5,7-15,21H,1-2,6,16-18H2,3H3. The smallest absolute Gasteiger partial charge is 0.243 e. The molecular weight excluding hydrogens is 358 g/mol. The van der Waals surface area contributed by atoms with E-state index in [9.17, 15) is 8.42 Å². The molecule has 0 fully saturated rings. The van der Waals surface area contributed by atoms with Gasteiger partial charge in [-0.25, -0.2) is 8.42 Å². The molecule has 1 unspecified atom stereocenters. The van der Waals surface area contributed by atoms with Crippen molar-refractivity contribution in [2.75, 3.05) is 13.2 Å². The number of rotatable bonds is 11. The molecule has 0 spiro atoms. The van der Waals surface area contributed by atoms with Crippen LogP contribution >= 0.6 is 0 Å². The Morgan fingerprint density at radius 1 is 1.07 bits per heavy atom. The van der Waals surface area contributed by atoms with Crippen LogP contribution in [0.1, 0.15) is 17.5 Å². The van der Waals surface area contributed by atoms with E-state index < -0.39 is 16.1 Å². The third-order valence-electron chi connectivity index (χ3n) is 4.22. The first-order chi connectivity index (χ1) is 13.0. The lowest BCUT2D eigenvalue weighted by atomic mass is 10.2. The monoisotopic (exact) mass is 385 g/mol. The first-order valence-electron chi connectivity index (χ1n) is 8.92. The molecule has 4 nitrogen and oxygen atoms in total. The van der Waals surface area contributed by atoms with Crippen LogP contribution in [0.25, 0.3) is 0 Å². The Morgan fingerprint density at radius 2 is 1.74 bits per heavy atom. The number of aryl methyl sites for hydroxylation is 1. The highest BCUT2D eigenvalue weighted by Crippen LogP contribution is 2.20. The SMILES string of the molecule is C=CCCN(C(C=C)COCc1ccccc1)S(=O)(=O)c1ccc(C)cc1. The first-order valence-corrected chi connectivity index (χ1v) is 10.4. The van der Waals surface area contributed by atoms with Crippen molar-refractivity contribution in [3.05, 3.63) is 91.0 Å². The van der Waals surface area contributed by atoms with Crippen molar-refractivity contribution in [2.24, 2.45) is 0 Å². The summed E-state index contributed by atoms with van der Waals surface area (Å²) < 4.78 is 33.6. The molecule has 0 saturated heterocycles. The zero-order chi connectivity index (χ0) is 19.7. The van der Waals surface area contributed by atoms with Crippen LogP contribution in [0.15, 0.2) is 84.8 Å². The lowest BCUT2D eigenvalue weighted by Gasteiger charge is -2.28. The molecule has 2 rings (SSSR count). The van der Waals surface area contributed by atoms with E-state index in [-0.39, 0.29) is 11.5 Å². The molecule has 5 heteroatoms. The zero-order valence-corrected chi connectivity index (χ0v) is 16.6. The van der Waals surface area contributed by atoms with Crippen molar-refractivity contribution in [1.82, 2.24) is 4.31 Å². The molecule has 0 amide bonds. The van der Waals surface area contributed by atoms with Gasteiger partial charge in [-0.2, -0.15) is 4.31 Å². The molecule has 144 valence electrons. The van der Waals surface area contributed by atoms with Gasteiger partial charge in [0.2, 0.25) is 10.0 Å². The van der Waals surface area contributed by atoms with E-state index in [0.29, 0.717) is 19.6 Å². The molecule has 0 heterocycles. The minimum atomic E-state index is -3.66. The van der Waals surface area contributed by atoms with Gasteiger partial charge in [-0.05, 0) is 31.0 Å². The van der Waals surface area contributed by atoms with Crippen molar-refractivity contribution in [2.45, 2.75) is 30.9 Å². The minimum Gasteiger partial charge on any atom is -0.375 e. The molecule has 0 saturated carbocycles. The van der Waals surface area contributed by atoms with Gasteiger partial charge >= 0.3 is 0 Å². The van der Waals surface area contributed by atoms with E-state index >= 15 is 0 Å². The maximum absolute atomic E-state index is 13.2. The fourth-order valence-corrected chi connectivity index (χ4v) is 4.27. The van der Waals surface area contributed by atoms with Crippen LogP contribution in [0.2, 0.25) is 0 Å². The van der Waals surface area contributed by atoms with Crippen molar-refractivity contribution in [3.63, 3.8) is 0 Å². The summed E-state index contributed by atoms with van der Waals surface area (Å²) in [7, 11) is -3.66. The lowest BCUT2D eigenvalue weighted by Crippen LogP contribution is -2.42. The van der Waals surface area contributed by atoms with Crippen LogP contribution in [0.3, 0.4) is 0 Å². The predicted octanol–water partition coefficient (Wildman–Crippen LogP) is 4.33. The number of nitrogens with zero attached hydrogens (tertiary/aromatic N) is 1. The number of ether oxygens (including phenoxy) is 1. The van der Waals surface area contributed by atoms with Gasteiger partial charge in [-0.15, -0.1) is 13.2 Å². The first kappa shape index (κ1) is 21.1. The number of benzene rings is 2. The number of hydrogen-bond donors (Lipinski definition) is 0. The summed E-state index contributed by atoms with van der Waals surface area (Å²) in [6.07, 6.45) is 3.89. The Labute approximate surface area is 162 Å². The largest absolute Gasteiger partial charge is 0.375 e. The Balaban J connectivity index is 2.17. The molecule has 0 bridgehead atoms. The van der Waals surface area contributed by atoms with Gasteiger partial charge in [-0.3, -0.25) is 0 Å². The van der Waals surface area contributed by atoms with Crippen molar-refractivity contribution in [3.8, 4) is 0 Å². The zero-order valence-electron chi connectivity index (χ0n) is 15.8. The van der Waals surface area contributed by atoms with Crippen LogP contribution in [-0.2, 0) is 21.4 Å². The van der Waals surface area contributed by atoms with E-state index in [4.69, 9.17) is 4.74 Å². The third-order valence-corrected chi connectivity index (χ3v) is 6.16. The van der Waals surface area contributed by atoms with Gasteiger partial charge in [0.25, 0.3) is 0 Å². The maximum Gasteiger partial charge on any atom is 0.243 e. The van der Waals surface area contributed by atoms with Crippen molar-refractivity contribution >= 4 is 10.0 Å². The molecule has 0 N–H and O–H groups in total. The fraction of sp³-hybridized carbons (Fsp3) is 0.273. The summed E-state index contributed by atoms with van der Waals surface area (Å²) in [6, 6.07) is 16.2. The summed E-state index contributed by atoms with van der Waals surface area (Å²) in [5.74, 6) is 0. The predicted molar refractivity (Wildman–Crippen MR) is 110 cm³/mol. The summed E-state index contributed by atoms with van der Waals surface area (Å²) in [4.78, 5) is 0.270. The second-order valence-corrected chi connectivity index (χ2v) is 8.20. The summed E-state index contributed by atoms with van der Waals surface area (Å²) >= 11 is 0. The summed E-state index contributed by atoms with van der Waals surface area (Å²) in [6.45, 7) is 10.4. The Bertz CT molecular complexity index is 830. The van der Waals surface area contributed by atoms with Crippen LogP contribution in [0, 0.1) is 6.92 Å². The normalized spacial score (nSPS) is 12.7. The maximum atomic E-state index is 13.2. The summed E-state index contributed by atoms with van der Waals surface area (Å²) in [5.41, 5.74) is 2.05. The van der Waals surface area contributed by atoms with Crippen molar-refractivity contribution < 1.29 is 13.2 Å². The molecule has 2 aromatic rings. The number of hydrogen-bond acceptors (Lipinski definition) is 3. The third kappa shape index (κ3) is 5.89. The van der Waals surface area contributed by atoms with E-state index in [1.165, 1.54) is 4.31 Å². The highest BCUT2D eigenvalue weighted by Gasteiger charge is 2.29. The molecule has 0 aliphatic heterocycles. The van der Waals surface area contributed by atoms with Crippen LogP contribution in [-0.4, -0.2) is 31.9 Å². The Hall–Kier alpha value is -2.21. The van der Waals surface area contributed by atoms with Crippen molar-refractivity contribution in [1.29, 1.82) is 0 Å². The topological polar surface area (TPSA) is 46.6 Å². The molecule has 0 aliphatic rings. The van der Waals surface area contributed by atoms with Gasteiger partial charge in [0.15, 0.2) is 0 Å². The molecular formula is C22H27NO3S. The molecule has 2 aromatic carbocycles. The van der Waals surface area contributed by atoms with Gasteiger partial charge < -0.3 is 4.74 Å². The average molecular weight is 386 g/mol. The van der Waals surface area contributed by atoms with E-state index in [1.807, 2.05) is 37.3 Å². The molecule has 0 aromatic heterocycles. The Morgan fingerprint density at radius 3 is 2.33 bits per heavy atom. The quantitative estimate of drug-likeness (QED) is 0.541. The molecule has 27 heavy (non-hydrogen) atoms. The van der Waals surface area contributed by atoms with E-state index in [0.717, 1.165) is 11.1 Å². The lowest BCUT2D eigenvalue weighted by molar-refractivity contribution is 0.0912. The van der Waals surface area contributed by atoms with Crippen LogP contribution in [0.5, 0.6) is 0 Å². The van der Waals surface area contributed by atoms with E-state index in [1.54, 1.807) is 36.4 Å². The van der Waals surface area contributed by atoms with Gasteiger partial charge in [-0.1, -0.05) is 60.2 Å². The Kier molecular flexibility index (Phi) is 7.98. The van der Waals surface area contributed by atoms with Gasteiger partial charge in [0, 0.05) is 6.54 Å². The van der Waals surface area contributed by atoms with Gasteiger partial charge in [0.05, 0.1) is 24.2 Å². The average Bonchev–Trinajstić information content (AvgIpc) is 2.68. The highest BCUT2D eigenvalue weighted by atomic mass is 32.2. The second-order valence-electron chi connectivity index (χ2n) is 6.31. The van der Waals surface area contributed by atoms with Crippen LogP contribution < -0.4 is 0 Å². The van der Waals surface area contributed by atoms with Crippen LogP contribution in [0.4, 0.5) is 0 Å². The van der Waals surface area contributed by atoms with E-state index in [2.05, 4.69) is 13.2 Å². The second kappa shape index (κ2) is 10.2. The molecule has 0 aliphatic carbocycles. The van der Waals surface area contributed by atoms with Gasteiger partial charge in [0.1, 0.15) is 0 Å². The summed E-state index contributed by atoms with van der Waals surface area (Å²) in [5, 5.41) is 0. The fourth-order valence-electron chi connectivity index (χ4n) is 2.67. The molecule has 1 atom stereocenters. The highest BCUT2D eigenvalue weighted by molar-refractivity contribution is 7.89. The number of sulfonamides is 1.